The monoisotopic (exact) mass is 261 g/mol. The Morgan fingerprint density at radius 3 is 2.63 bits per heavy atom. The Kier molecular flexibility index (Phi) is 4.47. The summed E-state index contributed by atoms with van der Waals surface area (Å²) >= 11 is 0. The molecule has 1 aromatic carbocycles. The number of ether oxygens (including phenoxy) is 2. The maximum Gasteiger partial charge on any atom is 0.123 e. The third-order valence-electron chi connectivity index (χ3n) is 3.15. The van der Waals surface area contributed by atoms with Gasteiger partial charge in [-0.1, -0.05) is 0 Å². The minimum atomic E-state index is 0.0741. The Bertz CT molecular complexity index is 508. The zero-order valence-corrected chi connectivity index (χ0v) is 11.3. The summed E-state index contributed by atoms with van der Waals surface area (Å²) in [5.41, 5.74) is 6.75. The van der Waals surface area contributed by atoms with Gasteiger partial charge in [0, 0.05) is 11.5 Å². The van der Waals surface area contributed by atoms with E-state index in [4.69, 9.17) is 19.6 Å². The fraction of sp³-hybridized carbons (Fsp3) is 0.333. The van der Waals surface area contributed by atoms with E-state index in [2.05, 4.69) is 0 Å². The molecule has 0 saturated carbocycles. The molecule has 2 rings (SSSR count). The van der Waals surface area contributed by atoms with Crippen molar-refractivity contribution in [1.82, 2.24) is 0 Å². The van der Waals surface area contributed by atoms with Crippen LogP contribution < -0.4 is 15.2 Å². The van der Waals surface area contributed by atoms with Gasteiger partial charge in [-0.2, -0.15) is 0 Å². The van der Waals surface area contributed by atoms with Crippen LogP contribution in [-0.2, 0) is 0 Å². The predicted molar refractivity (Wildman–Crippen MR) is 73.8 cm³/mol. The molecule has 0 aliphatic carbocycles. The second kappa shape index (κ2) is 6.29. The van der Waals surface area contributed by atoms with Crippen molar-refractivity contribution in [3.8, 4) is 11.5 Å². The maximum atomic E-state index is 5.72. The van der Waals surface area contributed by atoms with Gasteiger partial charge in [0.2, 0.25) is 0 Å². The number of furan rings is 1. The topological polar surface area (TPSA) is 57.6 Å². The predicted octanol–water partition coefficient (Wildman–Crippen LogP) is 2.78. The van der Waals surface area contributed by atoms with Crippen molar-refractivity contribution in [3.05, 3.63) is 47.9 Å². The minimum absolute atomic E-state index is 0.0741. The number of hydrogen-bond acceptors (Lipinski definition) is 4. The first-order chi connectivity index (χ1) is 9.30. The van der Waals surface area contributed by atoms with E-state index in [1.807, 2.05) is 30.3 Å². The van der Waals surface area contributed by atoms with E-state index in [1.54, 1.807) is 20.5 Å². The lowest BCUT2D eigenvalue weighted by Gasteiger charge is -2.18. The van der Waals surface area contributed by atoms with E-state index in [-0.39, 0.29) is 5.92 Å². The molecule has 0 aliphatic rings. The molecule has 1 heterocycles. The summed E-state index contributed by atoms with van der Waals surface area (Å²) in [5, 5.41) is 0. The summed E-state index contributed by atoms with van der Waals surface area (Å²) in [6.07, 6.45) is 2.46. The molecule has 1 atom stereocenters. The smallest absolute Gasteiger partial charge is 0.123 e. The van der Waals surface area contributed by atoms with Crippen LogP contribution in [0, 0.1) is 0 Å². The molecule has 1 aromatic heterocycles. The minimum Gasteiger partial charge on any atom is -0.497 e. The SMILES string of the molecule is COc1ccc(OC)c(C(CCN)c2ccco2)c1. The standard InChI is InChI=1S/C15H19NO3/c1-17-11-5-6-14(18-2)13(10-11)12(7-8-16)15-4-3-9-19-15/h3-6,9-10,12H,7-8,16H2,1-2H3. The van der Waals surface area contributed by atoms with E-state index in [0.29, 0.717) is 6.54 Å². The highest BCUT2D eigenvalue weighted by atomic mass is 16.5. The quantitative estimate of drug-likeness (QED) is 0.868. The Balaban J connectivity index is 2.45. The van der Waals surface area contributed by atoms with Gasteiger partial charge in [-0.25, -0.2) is 0 Å². The zero-order valence-electron chi connectivity index (χ0n) is 11.3. The lowest BCUT2D eigenvalue weighted by Crippen LogP contribution is -2.09. The molecule has 0 aliphatic heterocycles. The van der Waals surface area contributed by atoms with Gasteiger partial charge in [0.15, 0.2) is 0 Å². The summed E-state index contributed by atoms with van der Waals surface area (Å²) in [6.45, 7) is 0.575. The molecule has 2 aromatic rings. The number of benzene rings is 1. The molecule has 4 heteroatoms. The molecule has 102 valence electrons. The molecule has 2 N–H and O–H groups in total. The molecule has 0 saturated heterocycles. The second-order valence-electron chi connectivity index (χ2n) is 4.25. The Morgan fingerprint density at radius 2 is 2.05 bits per heavy atom. The highest BCUT2D eigenvalue weighted by molar-refractivity contribution is 5.45. The van der Waals surface area contributed by atoms with Crippen molar-refractivity contribution in [2.45, 2.75) is 12.3 Å². The second-order valence-corrected chi connectivity index (χ2v) is 4.25. The lowest BCUT2D eigenvalue weighted by atomic mass is 9.92. The molecule has 4 nitrogen and oxygen atoms in total. The molecular formula is C15H19NO3. The summed E-state index contributed by atoms with van der Waals surface area (Å²) in [4.78, 5) is 0. The number of rotatable bonds is 6. The average molecular weight is 261 g/mol. The first-order valence-corrected chi connectivity index (χ1v) is 6.25. The molecule has 0 bridgehead atoms. The van der Waals surface area contributed by atoms with Gasteiger partial charge < -0.3 is 19.6 Å². The highest BCUT2D eigenvalue weighted by Crippen LogP contribution is 2.36. The lowest BCUT2D eigenvalue weighted by molar-refractivity contribution is 0.391. The van der Waals surface area contributed by atoms with E-state index in [9.17, 15) is 0 Å². The summed E-state index contributed by atoms with van der Waals surface area (Å²) < 4.78 is 16.2. The van der Waals surface area contributed by atoms with E-state index in [0.717, 1.165) is 29.2 Å². The van der Waals surface area contributed by atoms with Crippen molar-refractivity contribution in [1.29, 1.82) is 0 Å². The average Bonchev–Trinajstić information content (AvgIpc) is 2.98. The van der Waals surface area contributed by atoms with Gasteiger partial charge >= 0.3 is 0 Å². The van der Waals surface area contributed by atoms with Gasteiger partial charge in [0.25, 0.3) is 0 Å². The van der Waals surface area contributed by atoms with Crippen molar-refractivity contribution in [3.63, 3.8) is 0 Å². The first-order valence-electron chi connectivity index (χ1n) is 6.25. The van der Waals surface area contributed by atoms with Crippen LogP contribution in [0.3, 0.4) is 0 Å². The normalized spacial score (nSPS) is 12.2. The van der Waals surface area contributed by atoms with Crippen molar-refractivity contribution < 1.29 is 13.9 Å². The van der Waals surface area contributed by atoms with Gasteiger partial charge in [-0.15, -0.1) is 0 Å². The largest absolute Gasteiger partial charge is 0.497 e. The van der Waals surface area contributed by atoms with E-state index in [1.165, 1.54) is 0 Å². The molecule has 1 unspecified atom stereocenters. The first kappa shape index (κ1) is 13.5. The fourth-order valence-electron chi connectivity index (χ4n) is 2.22. The summed E-state index contributed by atoms with van der Waals surface area (Å²) in [7, 11) is 3.31. The van der Waals surface area contributed by atoms with Crippen LogP contribution in [0.15, 0.2) is 41.0 Å². The Hall–Kier alpha value is -1.94. The zero-order chi connectivity index (χ0) is 13.7. The Morgan fingerprint density at radius 1 is 1.21 bits per heavy atom. The van der Waals surface area contributed by atoms with Crippen LogP contribution in [0.25, 0.3) is 0 Å². The molecule has 19 heavy (non-hydrogen) atoms. The fourth-order valence-corrected chi connectivity index (χ4v) is 2.22. The number of hydrogen-bond donors (Lipinski definition) is 1. The van der Waals surface area contributed by atoms with Crippen molar-refractivity contribution in [2.24, 2.45) is 5.73 Å². The van der Waals surface area contributed by atoms with Crippen molar-refractivity contribution >= 4 is 0 Å². The van der Waals surface area contributed by atoms with Gasteiger partial charge in [-0.05, 0) is 43.3 Å². The van der Waals surface area contributed by atoms with Crippen molar-refractivity contribution in [2.75, 3.05) is 20.8 Å². The van der Waals surface area contributed by atoms with Crippen LogP contribution in [0.4, 0.5) is 0 Å². The molecule has 0 spiro atoms. The maximum absolute atomic E-state index is 5.72. The highest BCUT2D eigenvalue weighted by Gasteiger charge is 2.20. The van der Waals surface area contributed by atoms with Crippen LogP contribution in [-0.4, -0.2) is 20.8 Å². The van der Waals surface area contributed by atoms with Crippen LogP contribution in [0.5, 0.6) is 11.5 Å². The Labute approximate surface area is 113 Å². The van der Waals surface area contributed by atoms with Crippen LogP contribution in [0.2, 0.25) is 0 Å². The molecule has 0 amide bonds. The van der Waals surface area contributed by atoms with Crippen LogP contribution in [0.1, 0.15) is 23.7 Å². The van der Waals surface area contributed by atoms with Crippen LogP contribution >= 0.6 is 0 Å². The number of methoxy groups -OCH3 is 2. The molecule has 0 fully saturated rings. The third kappa shape index (κ3) is 2.90. The molecular weight excluding hydrogens is 242 g/mol. The summed E-state index contributed by atoms with van der Waals surface area (Å²) in [6, 6.07) is 9.59. The van der Waals surface area contributed by atoms with E-state index < -0.39 is 0 Å². The van der Waals surface area contributed by atoms with Gasteiger partial charge in [0.05, 0.1) is 20.5 Å². The van der Waals surface area contributed by atoms with Gasteiger partial charge in [0.1, 0.15) is 17.3 Å². The van der Waals surface area contributed by atoms with Gasteiger partial charge in [-0.3, -0.25) is 0 Å². The van der Waals surface area contributed by atoms with E-state index >= 15 is 0 Å². The number of nitrogens with two attached hydrogens (primary N) is 1. The third-order valence-corrected chi connectivity index (χ3v) is 3.15. The summed E-state index contributed by atoms with van der Waals surface area (Å²) in [5.74, 6) is 2.57. The molecule has 0 radical (unpaired) electrons.